The number of hydrogen-bond acceptors (Lipinski definition) is 26. The van der Waals surface area contributed by atoms with Crippen molar-refractivity contribution in [3.05, 3.63) is 0 Å². The lowest BCUT2D eigenvalue weighted by molar-refractivity contribution is -0.253. The Morgan fingerprint density at radius 1 is 0.692 bits per heavy atom. The van der Waals surface area contributed by atoms with E-state index in [1.165, 1.54) is 0 Å². The van der Waals surface area contributed by atoms with Gasteiger partial charge in [-0.2, -0.15) is 16.8 Å². The fraction of sp³-hybridized carbons (Fsp3) is 0.700. The highest BCUT2D eigenvalue weighted by atomic mass is 32.3. The maximum Gasteiger partial charge on any atom is 0.404 e. The SMILES string of the molecule is NC(=O)OC[C@@H]1N=C(N)N2C[C@@H](OS(=O)(=O)O)C(O)(O)[C@@]23NC(N)=N[C@@H]13.NC(=O)OC[C@@H]1N=C(N)N2C[C@H](OS(=O)(=O)O)C(O)(O)[C@@]23NC(N)=N[C@@H]13. The van der Waals surface area contributed by atoms with E-state index in [4.69, 9.17) is 43.5 Å². The van der Waals surface area contributed by atoms with Gasteiger partial charge in [0.2, 0.25) is 11.6 Å². The molecule has 0 aliphatic carbocycles. The van der Waals surface area contributed by atoms with Crippen molar-refractivity contribution in [3.63, 3.8) is 0 Å². The van der Waals surface area contributed by atoms with Crippen LogP contribution in [0.3, 0.4) is 0 Å². The first-order chi connectivity index (χ1) is 23.8. The van der Waals surface area contributed by atoms with Crippen LogP contribution >= 0.6 is 0 Å². The molecule has 6 rings (SSSR count). The van der Waals surface area contributed by atoms with E-state index in [1.54, 1.807) is 0 Å². The third-order valence-corrected chi connectivity index (χ3v) is 9.72. The van der Waals surface area contributed by atoms with Gasteiger partial charge in [0, 0.05) is 0 Å². The van der Waals surface area contributed by atoms with E-state index in [1.807, 2.05) is 0 Å². The summed E-state index contributed by atoms with van der Waals surface area (Å²) in [4.78, 5) is 40.1. The van der Waals surface area contributed by atoms with Gasteiger partial charge in [0.1, 0.15) is 37.4 Å². The summed E-state index contributed by atoms with van der Waals surface area (Å²) in [7, 11) is -10.1. The molecule has 0 radical (unpaired) electrons. The quantitative estimate of drug-likeness (QED) is 0.0801. The zero-order valence-corrected chi connectivity index (χ0v) is 27.7. The predicted molar refractivity (Wildman–Crippen MR) is 165 cm³/mol. The van der Waals surface area contributed by atoms with Crippen LogP contribution in [0.2, 0.25) is 0 Å². The highest BCUT2D eigenvalue weighted by molar-refractivity contribution is 7.81. The lowest BCUT2D eigenvalue weighted by Gasteiger charge is -2.48. The van der Waals surface area contributed by atoms with Gasteiger partial charge in [-0.1, -0.05) is 0 Å². The molecule has 6 aliphatic rings. The molecule has 2 fully saturated rings. The minimum absolute atomic E-state index is 0.228. The number of aliphatic hydroxyl groups is 4. The molecule has 2 spiro atoms. The highest BCUT2D eigenvalue weighted by Gasteiger charge is 2.75. The smallest absolute Gasteiger partial charge is 0.404 e. The van der Waals surface area contributed by atoms with Crippen molar-refractivity contribution in [2.75, 3.05) is 26.3 Å². The maximum atomic E-state index is 11.0. The van der Waals surface area contributed by atoms with Gasteiger partial charge in [0.15, 0.2) is 47.4 Å². The Labute approximate surface area is 291 Å². The van der Waals surface area contributed by atoms with Crippen LogP contribution in [0.25, 0.3) is 0 Å². The first-order valence-corrected chi connectivity index (χ1v) is 17.0. The van der Waals surface area contributed by atoms with Crippen molar-refractivity contribution in [2.45, 2.75) is 59.3 Å². The largest absolute Gasteiger partial charge is 0.447 e. The van der Waals surface area contributed by atoms with Crippen LogP contribution in [0.5, 0.6) is 0 Å². The van der Waals surface area contributed by atoms with Gasteiger partial charge in [-0.05, 0) is 0 Å². The number of nitrogens with zero attached hydrogens (tertiary/aromatic N) is 6. The maximum absolute atomic E-state index is 11.0. The average Bonchev–Trinajstić information content (AvgIpc) is 3.65. The molecule has 0 aromatic carbocycles. The molecule has 20 N–H and O–H groups in total. The number of nitrogens with one attached hydrogen (secondary N) is 2. The van der Waals surface area contributed by atoms with E-state index in [2.05, 4.69) is 48.4 Å². The first kappa shape index (κ1) is 38.4. The Balaban J connectivity index is 0.000000201. The third kappa shape index (κ3) is 6.21. The van der Waals surface area contributed by atoms with E-state index in [0.29, 0.717) is 0 Å². The Bertz CT molecular complexity index is 1730. The number of carbonyl (C=O) groups is 2. The van der Waals surface area contributed by atoms with Gasteiger partial charge in [0.05, 0.1) is 13.1 Å². The molecule has 8 atom stereocenters. The standard InChI is InChI=1S/2C10H17N7O8S/c2*11-6-15-5-3(2-24-8(13)18)14-7(12)17-1-4(25-26(21,22)23)10(19,20)9(5,17)16-6/h2*3-5,19-20H,1-2H2,(H2,12,14)(H2,13,18)(H3,11,15,16)(H,21,22,23)/t3-,4+,5-,9-;3-,4-,5-,9-/m00/s1. The fourth-order valence-corrected chi connectivity index (χ4v) is 7.88. The number of hydrogen-bond donors (Lipinski definition) is 14. The van der Waals surface area contributed by atoms with Crippen molar-refractivity contribution < 1.29 is 73.8 Å². The number of carbonyl (C=O) groups excluding carboxylic acids is 2. The van der Waals surface area contributed by atoms with E-state index in [0.717, 1.165) is 9.80 Å². The van der Waals surface area contributed by atoms with Gasteiger partial charge in [0.25, 0.3) is 0 Å². The minimum Gasteiger partial charge on any atom is -0.447 e. The van der Waals surface area contributed by atoms with E-state index in [-0.39, 0.29) is 23.8 Å². The van der Waals surface area contributed by atoms with Gasteiger partial charge in [-0.15, -0.1) is 0 Å². The molecule has 0 bridgehead atoms. The van der Waals surface area contributed by atoms with Crippen LogP contribution < -0.4 is 45.0 Å². The zero-order chi connectivity index (χ0) is 39.0. The lowest BCUT2D eigenvalue weighted by Crippen LogP contribution is -2.77. The molecule has 6 heterocycles. The summed E-state index contributed by atoms with van der Waals surface area (Å²) < 4.78 is 80.1. The Kier molecular flexibility index (Phi) is 9.17. The second-order valence-corrected chi connectivity index (χ2v) is 13.9. The molecule has 2 amide bonds. The summed E-state index contributed by atoms with van der Waals surface area (Å²) in [5, 5.41) is 47.8. The van der Waals surface area contributed by atoms with Crippen molar-refractivity contribution in [2.24, 2.45) is 54.4 Å². The normalized spacial score (nSPS) is 35.0. The topological polar surface area (TPSA) is 497 Å². The number of primary amides is 2. The number of nitrogens with two attached hydrogens (primary N) is 6. The molecular weight excluding hydrogens is 756 g/mol. The number of ether oxygens (including phenoxy) is 2. The highest BCUT2D eigenvalue weighted by Crippen LogP contribution is 2.47. The summed E-state index contributed by atoms with van der Waals surface area (Å²) in [6.07, 6.45) is -5.93. The summed E-state index contributed by atoms with van der Waals surface area (Å²) >= 11 is 0. The van der Waals surface area contributed by atoms with Crippen LogP contribution in [-0.2, 0) is 38.6 Å². The average molecular weight is 791 g/mol. The number of amides is 2. The second-order valence-electron chi connectivity index (χ2n) is 11.8. The van der Waals surface area contributed by atoms with Gasteiger partial charge in [-0.3, -0.25) is 9.11 Å². The molecule has 30 nitrogen and oxygen atoms in total. The second kappa shape index (κ2) is 12.4. The van der Waals surface area contributed by atoms with Gasteiger partial charge in [-0.25, -0.2) is 37.9 Å². The van der Waals surface area contributed by atoms with Crippen molar-refractivity contribution in [3.8, 4) is 0 Å². The number of guanidine groups is 4. The Hall–Kier alpha value is -4.80. The molecule has 0 unspecified atom stereocenters. The summed E-state index contributed by atoms with van der Waals surface area (Å²) in [6, 6.07) is -4.37. The summed E-state index contributed by atoms with van der Waals surface area (Å²) in [5.41, 5.74) is 28.9. The van der Waals surface area contributed by atoms with Crippen LogP contribution in [0.1, 0.15) is 0 Å². The Morgan fingerprint density at radius 2 is 1.02 bits per heavy atom. The van der Waals surface area contributed by atoms with E-state index < -0.39 is 119 Å². The van der Waals surface area contributed by atoms with Crippen molar-refractivity contribution in [1.82, 2.24) is 20.4 Å². The fourth-order valence-electron chi connectivity index (χ4n) is 6.90. The molecule has 52 heavy (non-hydrogen) atoms. The first-order valence-electron chi connectivity index (χ1n) is 14.3. The van der Waals surface area contributed by atoms with Crippen LogP contribution in [0.15, 0.2) is 20.0 Å². The van der Waals surface area contributed by atoms with E-state index in [9.17, 15) is 46.9 Å². The van der Waals surface area contributed by atoms with Gasteiger partial charge >= 0.3 is 33.0 Å². The van der Waals surface area contributed by atoms with Crippen molar-refractivity contribution in [1.29, 1.82) is 0 Å². The van der Waals surface area contributed by atoms with Crippen LogP contribution in [-0.4, -0.2) is 178 Å². The third-order valence-electron chi connectivity index (χ3n) is 8.76. The summed E-state index contributed by atoms with van der Waals surface area (Å²) in [5.74, 6) is -6.88. The van der Waals surface area contributed by atoms with Crippen molar-refractivity contribution >= 4 is 56.8 Å². The molecule has 0 saturated carbocycles. The lowest BCUT2D eigenvalue weighted by atomic mass is 9.86. The van der Waals surface area contributed by atoms with Crippen LogP contribution in [0, 0.1) is 0 Å². The summed E-state index contributed by atoms with van der Waals surface area (Å²) in [6.45, 7) is -1.79. The van der Waals surface area contributed by atoms with Gasteiger partial charge < -0.3 is 84.7 Å². The molecule has 32 heteroatoms. The number of rotatable bonds is 8. The monoisotopic (exact) mass is 790 g/mol. The molecule has 6 aliphatic heterocycles. The van der Waals surface area contributed by atoms with E-state index >= 15 is 0 Å². The zero-order valence-electron chi connectivity index (χ0n) is 26.0. The number of aliphatic imine (C=N–C) groups is 4. The molecule has 2 saturated heterocycles. The molecule has 0 aromatic heterocycles. The molecule has 0 aromatic rings. The minimum atomic E-state index is -5.03. The molecule has 292 valence electrons. The Morgan fingerprint density at radius 3 is 1.31 bits per heavy atom. The van der Waals surface area contributed by atoms with Crippen LogP contribution in [0.4, 0.5) is 9.59 Å². The molecular formula is C20H34N14O16S2. The predicted octanol–water partition coefficient (Wildman–Crippen LogP) is -10.1.